The van der Waals surface area contributed by atoms with E-state index < -0.39 is 22.1 Å². The predicted octanol–water partition coefficient (Wildman–Crippen LogP) is 3.57. The summed E-state index contributed by atoms with van der Waals surface area (Å²) in [4.78, 5) is 25.8. The minimum absolute atomic E-state index is 0.162. The van der Waals surface area contributed by atoms with Gasteiger partial charge in [0, 0.05) is 28.7 Å². The Kier molecular flexibility index (Phi) is 4.02. The number of aromatic hydroxyl groups is 1. The minimum Gasteiger partial charge on any atom is -0.502 e. The molecule has 0 amide bonds. The normalized spacial score (nSPS) is 11.2. The third-order valence-corrected chi connectivity index (χ3v) is 3.71. The molecule has 25 heavy (non-hydrogen) atoms. The zero-order chi connectivity index (χ0) is 18.0. The molecule has 0 saturated carbocycles. The second-order valence-electron chi connectivity index (χ2n) is 5.25. The summed E-state index contributed by atoms with van der Waals surface area (Å²) in [5.74, 6) is -0.973. The zero-order valence-electron chi connectivity index (χ0n) is 12.8. The highest BCUT2D eigenvalue weighted by molar-refractivity contribution is 6.19. The molecule has 0 unspecified atom stereocenters. The summed E-state index contributed by atoms with van der Waals surface area (Å²) < 4.78 is 0. The van der Waals surface area contributed by atoms with E-state index in [4.69, 9.17) is 0 Å². The number of fused-ring (bicyclic) bond motifs is 1. The largest absolute Gasteiger partial charge is 0.502 e. The first-order valence-electron chi connectivity index (χ1n) is 7.21. The van der Waals surface area contributed by atoms with Crippen LogP contribution >= 0.6 is 0 Å². The average molecular weight is 333 g/mol. The second kappa shape index (κ2) is 6.29. The van der Waals surface area contributed by atoms with E-state index in [0.29, 0.717) is 10.9 Å². The van der Waals surface area contributed by atoms with Crippen LogP contribution in [0.4, 0.5) is 5.69 Å². The van der Waals surface area contributed by atoms with Gasteiger partial charge in [-0.2, -0.15) is 5.26 Å². The molecule has 3 aromatic rings. The van der Waals surface area contributed by atoms with Crippen molar-refractivity contribution in [2.45, 2.75) is 0 Å². The molecule has 0 bridgehead atoms. The van der Waals surface area contributed by atoms with Gasteiger partial charge in [-0.3, -0.25) is 14.9 Å². The maximum absolute atomic E-state index is 12.6. The van der Waals surface area contributed by atoms with E-state index in [1.54, 1.807) is 12.1 Å². The number of para-hydroxylation sites is 1. The van der Waals surface area contributed by atoms with Crippen molar-refractivity contribution in [3.8, 4) is 11.8 Å². The molecule has 122 valence electrons. The van der Waals surface area contributed by atoms with Gasteiger partial charge in [-0.15, -0.1) is 0 Å². The van der Waals surface area contributed by atoms with Gasteiger partial charge in [0.25, 0.3) is 0 Å². The fraction of sp³-hybridized carbons (Fsp3) is 0. The number of aromatic nitrogens is 1. The zero-order valence-corrected chi connectivity index (χ0v) is 12.8. The van der Waals surface area contributed by atoms with Crippen LogP contribution in [0.25, 0.3) is 17.0 Å². The molecule has 7 heteroatoms. The highest BCUT2D eigenvalue weighted by Gasteiger charge is 2.18. The van der Waals surface area contributed by atoms with Gasteiger partial charge in [-0.1, -0.05) is 24.3 Å². The van der Waals surface area contributed by atoms with Gasteiger partial charge in [0.1, 0.15) is 11.6 Å². The monoisotopic (exact) mass is 333 g/mol. The Hall–Kier alpha value is -3.92. The van der Waals surface area contributed by atoms with E-state index in [2.05, 4.69) is 4.98 Å². The van der Waals surface area contributed by atoms with Crippen LogP contribution in [0.1, 0.15) is 15.9 Å². The Balaban J connectivity index is 2.04. The number of phenols is 1. The summed E-state index contributed by atoms with van der Waals surface area (Å²) >= 11 is 0. The Bertz CT molecular complexity index is 1070. The lowest BCUT2D eigenvalue weighted by molar-refractivity contribution is -0.385. The van der Waals surface area contributed by atoms with Crippen LogP contribution in [0, 0.1) is 21.4 Å². The van der Waals surface area contributed by atoms with Crippen molar-refractivity contribution in [3.63, 3.8) is 0 Å². The highest BCUT2D eigenvalue weighted by Crippen LogP contribution is 2.28. The molecule has 1 heterocycles. The van der Waals surface area contributed by atoms with E-state index in [1.807, 2.05) is 18.2 Å². The highest BCUT2D eigenvalue weighted by atomic mass is 16.6. The van der Waals surface area contributed by atoms with Crippen molar-refractivity contribution in [2.24, 2.45) is 0 Å². The number of ketones is 1. The first-order valence-corrected chi connectivity index (χ1v) is 7.21. The van der Waals surface area contributed by atoms with Gasteiger partial charge >= 0.3 is 5.69 Å². The second-order valence-corrected chi connectivity index (χ2v) is 5.25. The minimum atomic E-state index is -0.736. The van der Waals surface area contributed by atoms with E-state index in [9.17, 15) is 25.3 Å². The Labute approximate surface area is 141 Å². The molecule has 0 saturated heterocycles. The molecular formula is C18H11N3O4. The topological polar surface area (TPSA) is 120 Å². The van der Waals surface area contributed by atoms with E-state index in [-0.39, 0.29) is 11.1 Å². The molecule has 3 rings (SSSR count). The van der Waals surface area contributed by atoms with Crippen molar-refractivity contribution >= 4 is 28.4 Å². The van der Waals surface area contributed by atoms with Gasteiger partial charge in [0.2, 0.25) is 5.78 Å². The number of nitro groups is 1. The van der Waals surface area contributed by atoms with Gasteiger partial charge in [-0.05, 0) is 23.8 Å². The van der Waals surface area contributed by atoms with Crippen molar-refractivity contribution in [3.05, 3.63) is 75.5 Å². The summed E-state index contributed by atoms with van der Waals surface area (Å²) in [6.07, 6.45) is 2.79. The molecule has 0 atom stereocenters. The van der Waals surface area contributed by atoms with Crippen molar-refractivity contribution < 1.29 is 14.8 Å². The smallest absolute Gasteiger partial charge is 0.311 e. The third-order valence-electron chi connectivity index (χ3n) is 3.71. The van der Waals surface area contributed by atoms with Crippen LogP contribution in [0.5, 0.6) is 5.75 Å². The quantitative estimate of drug-likeness (QED) is 0.249. The van der Waals surface area contributed by atoms with E-state index in [1.165, 1.54) is 18.3 Å². The molecular weight excluding hydrogens is 322 g/mol. The Morgan fingerprint density at radius 1 is 1.28 bits per heavy atom. The number of benzene rings is 2. The lowest BCUT2D eigenvalue weighted by Crippen LogP contribution is -2.01. The SMILES string of the molecule is N#C/C(=C\c1ccc(O)c([N+](=O)[O-])c1)C(=O)c1c[nH]c2ccccc12. The van der Waals surface area contributed by atoms with Crippen molar-refractivity contribution in [2.75, 3.05) is 0 Å². The lowest BCUT2D eigenvalue weighted by atomic mass is 10.0. The number of aromatic amines is 1. The maximum Gasteiger partial charge on any atom is 0.311 e. The number of allylic oxidation sites excluding steroid dienone is 1. The summed E-state index contributed by atoms with van der Waals surface area (Å²) in [5.41, 5.74) is 0.727. The summed E-state index contributed by atoms with van der Waals surface area (Å²) in [7, 11) is 0. The molecule has 1 aromatic heterocycles. The van der Waals surface area contributed by atoms with Crippen LogP contribution in [-0.2, 0) is 0 Å². The number of Topliss-reactive ketones (excluding diaryl/α,β-unsaturated/α-hetero) is 1. The van der Waals surface area contributed by atoms with Crippen LogP contribution in [0.15, 0.2) is 54.2 Å². The summed E-state index contributed by atoms with van der Waals surface area (Å²) in [6, 6.07) is 12.7. The fourth-order valence-corrected chi connectivity index (χ4v) is 2.50. The molecule has 0 spiro atoms. The summed E-state index contributed by atoms with van der Waals surface area (Å²) in [6.45, 7) is 0. The van der Waals surface area contributed by atoms with Gasteiger partial charge in [0.15, 0.2) is 5.75 Å². The number of H-pyrrole nitrogens is 1. The van der Waals surface area contributed by atoms with Crippen LogP contribution in [-0.4, -0.2) is 20.8 Å². The molecule has 2 N–H and O–H groups in total. The number of hydrogen-bond donors (Lipinski definition) is 2. The number of rotatable bonds is 4. The lowest BCUT2D eigenvalue weighted by Gasteiger charge is -2.00. The molecule has 2 aromatic carbocycles. The standard InChI is InChI=1S/C18H11N3O4/c19-9-12(7-11-5-6-17(22)16(8-11)21(24)25)18(23)14-10-20-15-4-2-1-3-13(14)15/h1-8,10,20,22H/b12-7+. The molecule has 0 aliphatic carbocycles. The van der Waals surface area contributed by atoms with Crippen molar-refractivity contribution in [1.82, 2.24) is 4.98 Å². The number of hydrogen-bond acceptors (Lipinski definition) is 5. The summed E-state index contributed by atoms with van der Waals surface area (Å²) in [5, 5.41) is 30.4. The molecule has 0 radical (unpaired) electrons. The number of nitriles is 1. The number of nitro benzene ring substituents is 1. The predicted molar refractivity (Wildman–Crippen MR) is 91.0 cm³/mol. The van der Waals surface area contributed by atoms with Gasteiger partial charge in [0.05, 0.1) is 4.92 Å². The first kappa shape index (κ1) is 16.0. The number of nitrogens with zero attached hydrogens (tertiary/aromatic N) is 2. The first-order chi connectivity index (χ1) is 12.0. The molecule has 0 aliphatic heterocycles. The number of nitrogens with one attached hydrogen (secondary N) is 1. The molecule has 0 fully saturated rings. The third kappa shape index (κ3) is 2.96. The molecule has 0 aliphatic rings. The van der Waals surface area contributed by atoms with Crippen LogP contribution in [0.3, 0.4) is 0 Å². The fourth-order valence-electron chi connectivity index (χ4n) is 2.50. The number of carbonyl (C=O) groups excluding carboxylic acids is 1. The number of phenolic OH excluding ortho intramolecular Hbond substituents is 1. The van der Waals surface area contributed by atoms with Gasteiger partial charge < -0.3 is 10.1 Å². The number of carbonyl (C=O) groups is 1. The Morgan fingerprint density at radius 2 is 2.04 bits per heavy atom. The Morgan fingerprint density at radius 3 is 2.76 bits per heavy atom. The van der Waals surface area contributed by atoms with E-state index >= 15 is 0 Å². The van der Waals surface area contributed by atoms with Crippen LogP contribution < -0.4 is 0 Å². The van der Waals surface area contributed by atoms with E-state index in [0.717, 1.165) is 17.6 Å². The van der Waals surface area contributed by atoms with Crippen LogP contribution in [0.2, 0.25) is 0 Å². The molecule has 7 nitrogen and oxygen atoms in total. The van der Waals surface area contributed by atoms with Gasteiger partial charge in [-0.25, -0.2) is 0 Å². The van der Waals surface area contributed by atoms with Crippen molar-refractivity contribution in [1.29, 1.82) is 5.26 Å². The average Bonchev–Trinajstić information content (AvgIpc) is 3.04. The maximum atomic E-state index is 12.6.